The molecule has 5 nitrogen and oxygen atoms in total. The summed E-state index contributed by atoms with van der Waals surface area (Å²) in [5.74, 6) is -0.0260. The predicted octanol–water partition coefficient (Wildman–Crippen LogP) is 3.31. The second-order valence-corrected chi connectivity index (χ2v) is 7.24. The number of amides is 3. The first-order valence-corrected chi connectivity index (χ1v) is 9.64. The SMILES string of the molecule is O=C(NC1CCN(C(=O)NC2CCCCCC2)CC1)c1ccccc1. The van der Waals surface area contributed by atoms with E-state index in [9.17, 15) is 9.59 Å². The smallest absolute Gasteiger partial charge is 0.317 e. The van der Waals surface area contributed by atoms with Gasteiger partial charge in [0.25, 0.3) is 5.91 Å². The molecule has 2 fully saturated rings. The van der Waals surface area contributed by atoms with Crippen molar-refractivity contribution < 1.29 is 9.59 Å². The van der Waals surface area contributed by atoms with E-state index in [1.54, 1.807) is 0 Å². The lowest BCUT2D eigenvalue weighted by molar-refractivity contribution is 0.0917. The Labute approximate surface area is 150 Å². The van der Waals surface area contributed by atoms with Crippen molar-refractivity contribution in [3.63, 3.8) is 0 Å². The maximum absolute atomic E-state index is 12.5. The molecule has 1 heterocycles. The van der Waals surface area contributed by atoms with E-state index in [1.807, 2.05) is 35.2 Å². The molecule has 2 aliphatic rings. The van der Waals surface area contributed by atoms with Crippen LogP contribution in [0.3, 0.4) is 0 Å². The maximum Gasteiger partial charge on any atom is 0.317 e. The van der Waals surface area contributed by atoms with Crippen molar-refractivity contribution in [2.75, 3.05) is 13.1 Å². The molecule has 1 aliphatic heterocycles. The van der Waals surface area contributed by atoms with Gasteiger partial charge in [0.1, 0.15) is 0 Å². The first kappa shape index (κ1) is 17.8. The topological polar surface area (TPSA) is 61.4 Å². The number of likely N-dealkylation sites (tertiary alicyclic amines) is 1. The van der Waals surface area contributed by atoms with Gasteiger partial charge < -0.3 is 15.5 Å². The summed E-state index contributed by atoms with van der Waals surface area (Å²) in [5.41, 5.74) is 0.691. The molecule has 136 valence electrons. The summed E-state index contributed by atoms with van der Waals surface area (Å²) in [6.45, 7) is 1.41. The number of benzene rings is 1. The molecular weight excluding hydrogens is 314 g/mol. The minimum absolute atomic E-state index is 0.0260. The largest absolute Gasteiger partial charge is 0.349 e. The van der Waals surface area contributed by atoms with Crippen molar-refractivity contribution in [1.29, 1.82) is 0 Å². The van der Waals surface area contributed by atoms with Gasteiger partial charge in [-0.05, 0) is 37.8 Å². The summed E-state index contributed by atoms with van der Waals surface area (Å²) in [6, 6.07) is 9.85. The number of urea groups is 1. The van der Waals surface area contributed by atoms with E-state index in [1.165, 1.54) is 25.7 Å². The molecule has 0 unspecified atom stereocenters. The second kappa shape index (κ2) is 8.88. The maximum atomic E-state index is 12.5. The van der Waals surface area contributed by atoms with Crippen LogP contribution >= 0.6 is 0 Å². The fourth-order valence-corrected chi connectivity index (χ4v) is 3.77. The number of carbonyl (C=O) groups excluding carboxylic acids is 2. The van der Waals surface area contributed by atoms with Crippen LogP contribution in [0.1, 0.15) is 61.7 Å². The Bertz CT molecular complexity index is 560. The predicted molar refractivity (Wildman–Crippen MR) is 98.5 cm³/mol. The third-order valence-electron chi connectivity index (χ3n) is 5.34. The Balaban J connectivity index is 1.42. The van der Waals surface area contributed by atoms with Crippen molar-refractivity contribution in [3.8, 4) is 0 Å². The molecule has 0 aromatic heterocycles. The van der Waals surface area contributed by atoms with Gasteiger partial charge in [0.15, 0.2) is 0 Å². The molecule has 2 N–H and O–H groups in total. The van der Waals surface area contributed by atoms with E-state index in [0.29, 0.717) is 24.7 Å². The zero-order valence-electron chi connectivity index (χ0n) is 14.9. The number of hydrogen-bond donors (Lipinski definition) is 2. The molecular formula is C20H29N3O2. The van der Waals surface area contributed by atoms with Crippen LogP contribution in [0.5, 0.6) is 0 Å². The van der Waals surface area contributed by atoms with Gasteiger partial charge in [0.05, 0.1) is 0 Å². The van der Waals surface area contributed by atoms with Crippen LogP contribution in [0.2, 0.25) is 0 Å². The molecule has 25 heavy (non-hydrogen) atoms. The van der Waals surface area contributed by atoms with Crippen LogP contribution in [-0.2, 0) is 0 Å². The van der Waals surface area contributed by atoms with Gasteiger partial charge in [-0.2, -0.15) is 0 Å². The minimum Gasteiger partial charge on any atom is -0.349 e. The number of carbonyl (C=O) groups is 2. The highest BCUT2D eigenvalue weighted by molar-refractivity contribution is 5.94. The van der Waals surface area contributed by atoms with E-state index in [-0.39, 0.29) is 18.0 Å². The third-order valence-corrected chi connectivity index (χ3v) is 5.34. The van der Waals surface area contributed by atoms with Gasteiger partial charge in [-0.15, -0.1) is 0 Å². The fourth-order valence-electron chi connectivity index (χ4n) is 3.77. The highest BCUT2D eigenvalue weighted by Gasteiger charge is 2.25. The molecule has 1 saturated carbocycles. The second-order valence-electron chi connectivity index (χ2n) is 7.24. The van der Waals surface area contributed by atoms with Gasteiger partial charge in [-0.1, -0.05) is 43.9 Å². The Morgan fingerprint density at radius 1 is 0.800 bits per heavy atom. The lowest BCUT2D eigenvalue weighted by Gasteiger charge is -2.33. The Hall–Kier alpha value is -2.04. The molecule has 3 amide bonds. The highest BCUT2D eigenvalue weighted by Crippen LogP contribution is 2.18. The van der Waals surface area contributed by atoms with Crippen LogP contribution in [-0.4, -0.2) is 42.0 Å². The van der Waals surface area contributed by atoms with Crippen LogP contribution in [0.25, 0.3) is 0 Å². The van der Waals surface area contributed by atoms with E-state index in [0.717, 1.165) is 25.7 Å². The molecule has 5 heteroatoms. The molecule has 0 radical (unpaired) electrons. The van der Waals surface area contributed by atoms with E-state index in [4.69, 9.17) is 0 Å². The number of hydrogen-bond acceptors (Lipinski definition) is 2. The number of rotatable bonds is 3. The average Bonchev–Trinajstić information content (AvgIpc) is 2.91. The molecule has 0 atom stereocenters. The van der Waals surface area contributed by atoms with Gasteiger partial charge >= 0.3 is 6.03 Å². The molecule has 1 saturated heterocycles. The standard InChI is InChI=1S/C20H29N3O2/c24-19(16-8-4-3-5-9-16)21-18-12-14-23(15-13-18)20(25)22-17-10-6-1-2-7-11-17/h3-5,8-9,17-18H,1-2,6-7,10-15H2,(H,21,24)(H,22,25). The summed E-state index contributed by atoms with van der Waals surface area (Å²) >= 11 is 0. The molecule has 1 aromatic carbocycles. The third kappa shape index (κ3) is 5.21. The summed E-state index contributed by atoms with van der Waals surface area (Å²) in [5, 5.41) is 6.30. The van der Waals surface area contributed by atoms with Gasteiger partial charge in [0.2, 0.25) is 0 Å². The van der Waals surface area contributed by atoms with Crippen LogP contribution in [0, 0.1) is 0 Å². The van der Waals surface area contributed by atoms with Crippen molar-refractivity contribution in [1.82, 2.24) is 15.5 Å². The normalized spacial score (nSPS) is 19.9. The molecule has 1 aromatic rings. The van der Waals surface area contributed by atoms with Crippen LogP contribution < -0.4 is 10.6 Å². The first-order chi connectivity index (χ1) is 12.2. The Kier molecular flexibility index (Phi) is 6.31. The summed E-state index contributed by atoms with van der Waals surface area (Å²) in [4.78, 5) is 26.6. The van der Waals surface area contributed by atoms with Crippen molar-refractivity contribution in [3.05, 3.63) is 35.9 Å². The Morgan fingerprint density at radius 3 is 2.04 bits per heavy atom. The van der Waals surface area contributed by atoms with Gasteiger partial charge in [0, 0.05) is 30.7 Å². The van der Waals surface area contributed by atoms with Crippen molar-refractivity contribution in [2.24, 2.45) is 0 Å². The molecule has 0 bridgehead atoms. The van der Waals surface area contributed by atoms with Gasteiger partial charge in [-0.3, -0.25) is 4.79 Å². The lowest BCUT2D eigenvalue weighted by Crippen LogP contribution is -2.51. The van der Waals surface area contributed by atoms with Crippen LogP contribution in [0.15, 0.2) is 30.3 Å². The lowest BCUT2D eigenvalue weighted by atomic mass is 10.0. The van der Waals surface area contributed by atoms with E-state index < -0.39 is 0 Å². The quantitative estimate of drug-likeness (QED) is 0.827. The number of piperidine rings is 1. The summed E-state index contributed by atoms with van der Waals surface area (Å²) in [6.07, 6.45) is 8.87. The first-order valence-electron chi connectivity index (χ1n) is 9.64. The zero-order chi connectivity index (χ0) is 17.5. The summed E-state index contributed by atoms with van der Waals surface area (Å²) < 4.78 is 0. The molecule has 0 spiro atoms. The molecule has 3 rings (SSSR count). The Morgan fingerprint density at radius 2 is 1.40 bits per heavy atom. The molecule has 1 aliphatic carbocycles. The zero-order valence-corrected chi connectivity index (χ0v) is 14.9. The van der Waals surface area contributed by atoms with E-state index >= 15 is 0 Å². The summed E-state index contributed by atoms with van der Waals surface area (Å²) in [7, 11) is 0. The number of nitrogens with one attached hydrogen (secondary N) is 2. The highest BCUT2D eigenvalue weighted by atomic mass is 16.2. The number of nitrogens with zero attached hydrogens (tertiary/aromatic N) is 1. The van der Waals surface area contributed by atoms with E-state index in [2.05, 4.69) is 10.6 Å². The monoisotopic (exact) mass is 343 g/mol. The van der Waals surface area contributed by atoms with Gasteiger partial charge in [-0.25, -0.2) is 4.79 Å². The van der Waals surface area contributed by atoms with Crippen LogP contribution in [0.4, 0.5) is 4.79 Å². The van der Waals surface area contributed by atoms with Crippen molar-refractivity contribution >= 4 is 11.9 Å². The minimum atomic E-state index is -0.0260. The average molecular weight is 343 g/mol. The fraction of sp³-hybridized carbons (Fsp3) is 0.600. The van der Waals surface area contributed by atoms with Crippen molar-refractivity contribution in [2.45, 2.75) is 63.5 Å².